The van der Waals surface area contributed by atoms with Gasteiger partial charge >= 0.3 is 11.7 Å². The summed E-state index contributed by atoms with van der Waals surface area (Å²) in [5.41, 5.74) is -3.35. The van der Waals surface area contributed by atoms with Crippen LogP contribution in [-0.4, -0.2) is 61.8 Å². The van der Waals surface area contributed by atoms with Crippen LogP contribution in [0.3, 0.4) is 0 Å². The summed E-state index contributed by atoms with van der Waals surface area (Å²) in [6.07, 6.45) is -3.19. The van der Waals surface area contributed by atoms with E-state index in [4.69, 9.17) is 9.47 Å². The van der Waals surface area contributed by atoms with Gasteiger partial charge in [-0.2, -0.15) is 4.98 Å². The van der Waals surface area contributed by atoms with Crippen molar-refractivity contribution in [2.75, 3.05) is 11.9 Å². The van der Waals surface area contributed by atoms with Gasteiger partial charge in [0.1, 0.15) is 11.9 Å². The van der Waals surface area contributed by atoms with Crippen molar-refractivity contribution in [1.29, 1.82) is 0 Å². The summed E-state index contributed by atoms with van der Waals surface area (Å²) in [6.45, 7) is 2.67. The lowest BCUT2D eigenvalue weighted by molar-refractivity contribution is -0.170. The molecule has 0 spiro atoms. The second-order valence-electron chi connectivity index (χ2n) is 5.80. The second kappa shape index (κ2) is 7.32. The van der Waals surface area contributed by atoms with Gasteiger partial charge in [-0.25, -0.2) is 4.79 Å². The Hall–Kier alpha value is -2.63. The Balaban J connectivity index is 2.50. The fourth-order valence-electron chi connectivity index (χ4n) is 2.74. The molecule has 11 heteroatoms. The van der Waals surface area contributed by atoms with Gasteiger partial charge in [-0.1, -0.05) is 0 Å². The third-order valence-corrected chi connectivity index (χ3v) is 3.88. The van der Waals surface area contributed by atoms with Crippen LogP contribution < -0.4 is 11.0 Å². The zero-order chi connectivity index (χ0) is 19.6. The molecule has 1 saturated heterocycles. The Kier molecular flexibility index (Phi) is 5.54. The van der Waals surface area contributed by atoms with Crippen LogP contribution in [-0.2, 0) is 23.9 Å². The number of aliphatic hydroxyl groups excluding tert-OH is 1. The maximum Gasteiger partial charge on any atom is 0.351 e. The van der Waals surface area contributed by atoms with Gasteiger partial charge in [0.05, 0.1) is 6.61 Å². The molecule has 0 aliphatic carbocycles. The number of ether oxygens (including phenoxy) is 2. The standard InChI is InChI=1S/C15H19N3O8/c1-7(20)15(24)12(25-9(3)22)10(6-19)26-13(15)18-5-4-11(16-8(2)21)17-14(18)23/h4-5,10,12-13,19,24H,6H2,1-3H3,(H,16,17,21,23)/t10-,12-,13-,15-/m1/s1. The Morgan fingerprint density at radius 1 is 1.38 bits per heavy atom. The number of aromatic nitrogens is 2. The predicted molar refractivity (Wildman–Crippen MR) is 85.0 cm³/mol. The zero-order valence-corrected chi connectivity index (χ0v) is 14.3. The van der Waals surface area contributed by atoms with E-state index >= 15 is 0 Å². The molecule has 0 radical (unpaired) electrons. The number of Topliss-reactive ketones (excluding diaryl/α,β-unsaturated/α-hetero) is 1. The Morgan fingerprint density at radius 3 is 2.50 bits per heavy atom. The number of amides is 1. The normalized spacial score (nSPS) is 27.8. The first-order valence-electron chi connectivity index (χ1n) is 7.65. The van der Waals surface area contributed by atoms with Crippen LogP contribution in [0, 0.1) is 0 Å². The lowest BCUT2D eigenvalue weighted by Crippen LogP contribution is -2.55. The van der Waals surface area contributed by atoms with Crippen LogP contribution >= 0.6 is 0 Å². The number of hydrogen-bond donors (Lipinski definition) is 3. The molecule has 3 N–H and O–H groups in total. The van der Waals surface area contributed by atoms with Gasteiger partial charge < -0.3 is 25.0 Å². The summed E-state index contributed by atoms with van der Waals surface area (Å²) >= 11 is 0. The van der Waals surface area contributed by atoms with E-state index in [0.29, 0.717) is 0 Å². The Labute approximate surface area is 147 Å². The highest BCUT2D eigenvalue weighted by atomic mass is 16.6. The van der Waals surface area contributed by atoms with E-state index in [1.54, 1.807) is 0 Å². The number of nitrogens with zero attached hydrogens (tertiary/aromatic N) is 2. The fourth-order valence-corrected chi connectivity index (χ4v) is 2.74. The first kappa shape index (κ1) is 19.7. The predicted octanol–water partition coefficient (Wildman–Crippen LogP) is -1.66. The molecule has 0 saturated carbocycles. The Morgan fingerprint density at radius 2 is 2.04 bits per heavy atom. The van der Waals surface area contributed by atoms with Crippen LogP contribution in [0.15, 0.2) is 17.1 Å². The molecule has 142 valence electrons. The van der Waals surface area contributed by atoms with E-state index in [2.05, 4.69) is 10.3 Å². The zero-order valence-electron chi connectivity index (χ0n) is 14.3. The molecule has 1 aromatic rings. The average molecular weight is 369 g/mol. The summed E-state index contributed by atoms with van der Waals surface area (Å²) in [5.74, 6) is -2.10. The smallest absolute Gasteiger partial charge is 0.351 e. The number of esters is 1. The quantitative estimate of drug-likeness (QED) is 0.517. The molecule has 1 fully saturated rings. The third kappa shape index (κ3) is 3.49. The lowest BCUT2D eigenvalue weighted by Gasteiger charge is -2.30. The van der Waals surface area contributed by atoms with Gasteiger partial charge in [-0.3, -0.25) is 19.0 Å². The summed E-state index contributed by atoms with van der Waals surface area (Å²) < 4.78 is 11.2. The highest BCUT2D eigenvalue weighted by Gasteiger charge is 2.62. The first-order chi connectivity index (χ1) is 12.1. The number of anilines is 1. The molecule has 0 aromatic carbocycles. The summed E-state index contributed by atoms with van der Waals surface area (Å²) in [5, 5.41) is 22.7. The number of carbonyl (C=O) groups excluding carboxylic acids is 3. The van der Waals surface area contributed by atoms with Crippen molar-refractivity contribution in [2.45, 2.75) is 44.8 Å². The molecule has 2 heterocycles. The van der Waals surface area contributed by atoms with Gasteiger partial charge in [0.25, 0.3) is 0 Å². The fraction of sp³-hybridized carbons (Fsp3) is 0.533. The SMILES string of the molecule is CC(=O)Nc1ccn([C@@H]2O[C@H](CO)[C@@H](OC(C)=O)[C@]2(O)C(C)=O)c(=O)n1. The maximum atomic E-state index is 12.3. The molecule has 0 unspecified atom stereocenters. The highest BCUT2D eigenvalue weighted by molar-refractivity contribution is 5.87. The molecule has 26 heavy (non-hydrogen) atoms. The van der Waals surface area contributed by atoms with E-state index in [0.717, 1.165) is 24.6 Å². The molecule has 1 aliphatic rings. The number of ketones is 1. The van der Waals surface area contributed by atoms with Crippen molar-refractivity contribution < 1.29 is 34.1 Å². The van der Waals surface area contributed by atoms with Crippen LogP contribution in [0.5, 0.6) is 0 Å². The molecule has 0 bridgehead atoms. The van der Waals surface area contributed by atoms with Crippen LogP contribution in [0.4, 0.5) is 5.82 Å². The van der Waals surface area contributed by atoms with Gasteiger partial charge in [0.2, 0.25) is 11.5 Å². The summed E-state index contributed by atoms with van der Waals surface area (Å²) in [4.78, 5) is 50.4. The topological polar surface area (TPSA) is 157 Å². The molecule has 1 amide bonds. The van der Waals surface area contributed by atoms with E-state index < -0.39 is 54.0 Å². The second-order valence-corrected chi connectivity index (χ2v) is 5.80. The van der Waals surface area contributed by atoms with E-state index in [1.807, 2.05) is 0 Å². The van der Waals surface area contributed by atoms with Crippen molar-refractivity contribution in [2.24, 2.45) is 0 Å². The minimum atomic E-state index is -2.42. The first-order valence-corrected chi connectivity index (χ1v) is 7.65. The number of nitrogens with one attached hydrogen (secondary N) is 1. The molecule has 2 rings (SSSR count). The van der Waals surface area contributed by atoms with Crippen LogP contribution in [0.25, 0.3) is 0 Å². The summed E-state index contributed by atoms with van der Waals surface area (Å²) in [6, 6.07) is 1.26. The number of hydrogen-bond acceptors (Lipinski definition) is 9. The summed E-state index contributed by atoms with van der Waals surface area (Å²) in [7, 11) is 0. The van der Waals surface area contributed by atoms with Crippen molar-refractivity contribution in [3.63, 3.8) is 0 Å². The molecule has 1 aliphatic heterocycles. The molecular weight excluding hydrogens is 350 g/mol. The number of rotatable bonds is 5. The lowest BCUT2D eigenvalue weighted by atomic mass is 9.90. The van der Waals surface area contributed by atoms with Gasteiger partial charge in [0.15, 0.2) is 18.1 Å². The third-order valence-electron chi connectivity index (χ3n) is 3.88. The number of carbonyl (C=O) groups is 3. The monoisotopic (exact) mass is 369 g/mol. The number of aliphatic hydroxyl groups is 2. The van der Waals surface area contributed by atoms with Crippen molar-refractivity contribution in [1.82, 2.24) is 9.55 Å². The maximum absolute atomic E-state index is 12.3. The largest absolute Gasteiger partial charge is 0.456 e. The van der Waals surface area contributed by atoms with Gasteiger partial charge in [0, 0.05) is 20.0 Å². The van der Waals surface area contributed by atoms with Crippen LogP contribution in [0.2, 0.25) is 0 Å². The van der Waals surface area contributed by atoms with E-state index in [9.17, 15) is 29.4 Å². The van der Waals surface area contributed by atoms with Gasteiger partial charge in [-0.15, -0.1) is 0 Å². The van der Waals surface area contributed by atoms with Gasteiger partial charge in [-0.05, 0) is 13.0 Å². The minimum absolute atomic E-state index is 0.0293. The molecular formula is C15H19N3O8. The average Bonchev–Trinajstić information content (AvgIpc) is 2.80. The molecule has 11 nitrogen and oxygen atoms in total. The highest BCUT2D eigenvalue weighted by Crippen LogP contribution is 2.40. The minimum Gasteiger partial charge on any atom is -0.456 e. The molecule has 1 aromatic heterocycles. The van der Waals surface area contributed by atoms with Crippen molar-refractivity contribution >= 4 is 23.5 Å². The molecule has 4 atom stereocenters. The Bertz CT molecular complexity index is 791. The van der Waals surface area contributed by atoms with Crippen LogP contribution in [0.1, 0.15) is 27.0 Å². The van der Waals surface area contributed by atoms with Crippen molar-refractivity contribution in [3.05, 3.63) is 22.7 Å². The van der Waals surface area contributed by atoms with E-state index in [-0.39, 0.29) is 5.82 Å². The van der Waals surface area contributed by atoms with E-state index in [1.165, 1.54) is 13.0 Å². The van der Waals surface area contributed by atoms with Crippen molar-refractivity contribution in [3.8, 4) is 0 Å².